The van der Waals surface area contributed by atoms with Gasteiger partial charge in [-0.25, -0.2) is 4.98 Å². The Hall–Kier alpha value is -2.11. The number of hydrogen-bond acceptors (Lipinski definition) is 2. The molecule has 1 aliphatic rings. The quantitative estimate of drug-likeness (QED) is 0.636. The first-order chi connectivity index (χ1) is 12.2. The number of anilines is 1. The lowest BCUT2D eigenvalue weighted by molar-refractivity contribution is 0.307. The molecule has 0 spiro atoms. The van der Waals surface area contributed by atoms with Crippen molar-refractivity contribution in [1.29, 1.82) is 0 Å². The molecular formula is C19H19ClN4S. The van der Waals surface area contributed by atoms with Gasteiger partial charge in [0.25, 0.3) is 0 Å². The molecule has 0 amide bonds. The summed E-state index contributed by atoms with van der Waals surface area (Å²) in [7, 11) is 0. The van der Waals surface area contributed by atoms with Crippen LogP contribution in [0.2, 0.25) is 5.02 Å². The zero-order chi connectivity index (χ0) is 17.2. The largest absolute Gasteiger partial charge is 0.348 e. The summed E-state index contributed by atoms with van der Waals surface area (Å²) < 4.78 is 0. The van der Waals surface area contributed by atoms with E-state index in [1.165, 1.54) is 0 Å². The van der Waals surface area contributed by atoms with E-state index in [2.05, 4.69) is 21.3 Å². The lowest BCUT2D eigenvalue weighted by atomic mass is 9.98. The second kappa shape index (κ2) is 7.02. The number of nitrogens with zero attached hydrogens (tertiary/aromatic N) is 2. The minimum Gasteiger partial charge on any atom is -0.348 e. The number of aromatic amines is 1. The van der Waals surface area contributed by atoms with E-state index in [1.54, 1.807) is 0 Å². The van der Waals surface area contributed by atoms with Gasteiger partial charge in [0.15, 0.2) is 5.11 Å². The van der Waals surface area contributed by atoms with Gasteiger partial charge in [-0.1, -0.05) is 23.7 Å². The van der Waals surface area contributed by atoms with Gasteiger partial charge in [-0.3, -0.25) is 0 Å². The van der Waals surface area contributed by atoms with Crippen LogP contribution in [-0.2, 0) is 0 Å². The van der Waals surface area contributed by atoms with Gasteiger partial charge < -0.3 is 15.2 Å². The molecule has 2 aromatic carbocycles. The average Bonchev–Trinajstić information content (AvgIpc) is 3.08. The highest BCUT2D eigenvalue weighted by atomic mass is 35.5. The average molecular weight is 371 g/mol. The Morgan fingerprint density at radius 2 is 2.00 bits per heavy atom. The number of fused-ring (bicyclic) bond motifs is 1. The fourth-order valence-electron chi connectivity index (χ4n) is 3.29. The molecule has 1 aromatic heterocycles. The lowest BCUT2D eigenvalue weighted by Gasteiger charge is -2.33. The minimum atomic E-state index is 0.367. The molecule has 1 saturated heterocycles. The summed E-state index contributed by atoms with van der Waals surface area (Å²) in [5.41, 5.74) is 3.08. The highest BCUT2D eigenvalue weighted by Crippen LogP contribution is 2.27. The van der Waals surface area contributed by atoms with Gasteiger partial charge in [0.2, 0.25) is 0 Å². The molecule has 0 saturated carbocycles. The maximum absolute atomic E-state index is 5.94. The fourth-order valence-corrected chi connectivity index (χ4v) is 3.70. The topological polar surface area (TPSA) is 44.0 Å². The molecule has 1 fully saturated rings. The van der Waals surface area contributed by atoms with Crippen LogP contribution >= 0.6 is 23.8 Å². The zero-order valence-electron chi connectivity index (χ0n) is 13.7. The summed E-state index contributed by atoms with van der Waals surface area (Å²) in [4.78, 5) is 10.5. The number of imidazole rings is 1. The van der Waals surface area contributed by atoms with E-state index < -0.39 is 0 Å². The minimum absolute atomic E-state index is 0.367. The third-order valence-electron chi connectivity index (χ3n) is 4.60. The van der Waals surface area contributed by atoms with Crippen molar-refractivity contribution >= 4 is 45.7 Å². The van der Waals surface area contributed by atoms with Crippen molar-refractivity contribution in [2.45, 2.75) is 18.8 Å². The van der Waals surface area contributed by atoms with E-state index in [0.717, 1.165) is 58.6 Å². The van der Waals surface area contributed by atoms with Crippen molar-refractivity contribution in [3.8, 4) is 0 Å². The predicted octanol–water partition coefficient (Wildman–Crippen LogP) is 4.79. The van der Waals surface area contributed by atoms with Gasteiger partial charge in [-0.2, -0.15) is 0 Å². The Labute approximate surface area is 157 Å². The van der Waals surface area contributed by atoms with Crippen molar-refractivity contribution in [3.05, 3.63) is 59.4 Å². The molecule has 6 heteroatoms. The molecule has 25 heavy (non-hydrogen) atoms. The van der Waals surface area contributed by atoms with Gasteiger partial charge >= 0.3 is 0 Å². The maximum Gasteiger partial charge on any atom is 0.173 e. The van der Waals surface area contributed by atoms with Crippen LogP contribution in [0, 0.1) is 0 Å². The number of halogens is 1. The van der Waals surface area contributed by atoms with Gasteiger partial charge in [-0.05, 0) is 61.5 Å². The highest BCUT2D eigenvalue weighted by molar-refractivity contribution is 7.80. The molecule has 4 rings (SSSR count). The number of rotatable bonds is 2. The van der Waals surface area contributed by atoms with Gasteiger partial charge in [0.1, 0.15) is 5.82 Å². The summed E-state index contributed by atoms with van der Waals surface area (Å²) in [6.45, 7) is 1.84. The SMILES string of the molecule is S=C(Nc1ccc(Cl)cc1)N1CCC[C@@H](c2nc3ccccc3[nH]2)C1. The Morgan fingerprint density at radius 1 is 1.20 bits per heavy atom. The highest BCUT2D eigenvalue weighted by Gasteiger charge is 2.25. The Kier molecular flexibility index (Phi) is 4.59. The van der Waals surface area contributed by atoms with E-state index in [0.29, 0.717) is 5.92 Å². The van der Waals surface area contributed by atoms with E-state index in [9.17, 15) is 0 Å². The maximum atomic E-state index is 5.94. The predicted molar refractivity (Wildman–Crippen MR) is 107 cm³/mol. The first-order valence-corrected chi connectivity index (χ1v) is 9.24. The number of H-pyrrole nitrogens is 1. The molecule has 4 nitrogen and oxygen atoms in total. The molecule has 0 radical (unpaired) electrons. The van der Waals surface area contributed by atoms with Crippen LogP contribution in [0.3, 0.4) is 0 Å². The van der Waals surface area contributed by atoms with Crippen molar-refractivity contribution in [2.75, 3.05) is 18.4 Å². The molecule has 1 atom stereocenters. The second-order valence-corrected chi connectivity index (χ2v) is 7.18. The Bertz CT molecular complexity index is 857. The monoisotopic (exact) mass is 370 g/mol. The Balaban J connectivity index is 1.46. The normalized spacial score (nSPS) is 17.6. The Morgan fingerprint density at radius 3 is 2.80 bits per heavy atom. The number of piperidine rings is 1. The van der Waals surface area contributed by atoms with Crippen molar-refractivity contribution < 1.29 is 0 Å². The number of thiocarbonyl (C=S) groups is 1. The number of nitrogens with one attached hydrogen (secondary N) is 2. The van der Waals surface area contributed by atoms with Crippen LogP contribution in [-0.4, -0.2) is 33.1 Å². The standard InChI is InChI=1S/C19H19ClN4S/c20-14-7-9-15(10-8-14)21-19(25)24-11-3-4-13(12-24)18-22-16-5-1-2-6-17(16)23-18/h1-2,5-10,13H,3-4,11-12H2,(H,21,25)(H,22,23)/t13-/m1/s1. The third kappa shape index (κ3) is 3.62. The van der Waals surface area contributed by atoms with Crippen LogP contribution < -0.4 is 5.32 Å². The van der Waals surface area contributed by atoms with Crippen molar-refractivity contribution in [2.24, 2.45) is 0 Å². The molecule has 128 valence electrons. The smallest absolute Gasteiger partial charge is 0.173 e. The van der Waals surface area contributed by atoms with E-state index in [4.69, 9.17) is 28.8 Å². The summed E-state index contributed by atoms with van der Waals surface area (Å²) >= 11 is 11.5. The van der Waals surface area contributed by atoms with E-state index in [1.807, 2.05) is 42.5 Å². The zero-order valence-corrected chi connectivity index (χ0v) is 15.3. The molecule has 2 heterocycles. The van der Waals surface area contributed by atoms with Crippen LogP contribution in [0.15, 0.2) is 48.5 Å². The molecule has 0 aliphatic carbocycles. The van der Waals surface area contributed by atoms with Gasteiger partial charge in [-0.15, -0.1) is 0 Å². The molecule has 3 aromatic rings. The summed E-state index contributed by atoms with van der Waals surface area (Å²) in [6, 6.07) is 15.8. The lowest BCUT2D eigenvalue weighted by Crippen LogP contribution is -2.41. The first kappa shape index (κ1) is 16.4. The number of para-hydroxylation sites is 2. The van der Waals surface area contributed by atoms with Crippen LogP contribution in [0.4, 0.5) is 5.69 Å². The number of aromatic nitrogens is 2. The molecular weight excluding hydrogens is 352 g/mol. The first-order valence-electron chi connectivity index (χ1n) is 8.45. The third-order valence-corrected chi connectivity index (χ3v) is 5.21. The molecule has 1 aliphatic heterocycles. The summed E-state index contributed by atoms with van der Waals surface area (Å²) in [5, 5.41) is 4.78. The van der Waals surface area contributed by atoms with E-state index >= 15 is 0 Å². The van der Waals surface area contributed by atoms with Crippen LogP contribution in [0.1, 0.15) is 24.6 Å². The molecule has 0 bridgehead atoms. The van der Waals surface area contributed by atoms with Crippen LogP contribution in [0.25, 0.3) is 11.0 Å². The number of benzene rings is 2. The van der Waals surface area contributed by atoms with Gasteiger partial charge in [0.05, 0.1) is 11.0 Å². The van der Waals surface area contributed by atoms with E-state index in [-0.39, 0.29) is 0 Å². The summed E-state index contributed by atoms with van der Waals surface area (Å²) in [6.07, 6.45) is 2.23. The fraction of sp³-hybridized carbons (Fsp3) is 0.263. The molecule has 0 unspecified atom stereocenters. The number of hydrogen-bond donors (Lipinski definition) is 2. The van der Waals surface area contributed by atoms with Crippen LogP contribution in [0.5, 0.6) is 0 Å². The van der Waals surface area contributed by atoms with Crippen molar-refractivity contribution in [3.63, 3.8) is 0 Å². The second-order valence-electron chi connectivity index (χ2n) is 6.36. The number of likely N-dealkylation sites (tertiary alicyclic amines) is 1. The van der Waals surface area contributed by atoms with Crippen molar-refractivity contribution in [1.82, 2.24) is 14.9 Å². The molecule has 2 N–H and O–H groups in total. The van der Waals surface area contributed by atoms with Gasteiger partial charge in [0, 0.05) is 29.7 Å². The summed E-state index contributed by atoms with van der Waals surface area (Å²) in [5.74, 6) is 1.42.